The van der Waals surface area contributed by atoms with Crippen molar-refractivity contribution in [3.8, 4) is 5.19 Å². The lowest BCUT2D eigenvalue weighted by Gasteiger charge is -2.26. The summed E-state index contributed by atoms with van der Waals surface area (Å²) in [6, 6.07) is 12.7. The van der Waals surface area contributed by atoms with Crippen molar-refractivity contribution in [2.24, 2.45) is 5.92 Å². The Kier molecular flexibility index (Phi) is 10.1. The number of likely N-dealkylation sites (tertiary alicyclic amines) is 1. The summed E-state index contributed by atoms with van der Waals surface area (Å²) in [6.45, 7) is 2.26. The molecular formula is C32H44FN5O5S. The maximum atomic E-state index is 13.9. The Morgan fingerprint density at radius 1 is 1.20 bits per heavy atom. The zero-order chi connectivity index (χ0) is 31.1. The van der Waals surface area contributed by atoms with Gasteiger partial charge in [-0.15, -0.1) is 0 Å². The summed E-state index contributed by atoms with van der Waals surface area (Å²) >= 11 is 1.20. The molecule has 0 radical (unpaired) electrons. The maximum Gasteiger partial charge on any atom is 0.274 e. The number of aromatic nitrogens is 1. The molecule has 1 unspecified atom stereocenters. The molecule has 2 aliphatic rings. The van der Waals surface area contributed by atoms with Crippen LogP contribution in [0.4, 0.5) is 10.1 Å². The Labute approximate surface area is 264 Å². The van der Waals surface area contributed by atoms with Crippen molar-refractivity contribution >= 4 is 45.0 Å². The van der Waals surface area contributed by atoms with Gasteiger partial charge in [-0.2, -0.15) is 0 Å². The number of unbranched alkanes of at least 4 members (excludes halogenated alkanes) is 3. The fraction of sp³-hybridized carbons (Fsp3) is 0.438. The minimum Gasteiger partial charge on any atom is -0.465 e. The van der Waals surface area contributed by atoms with E-state index in [0.29, 0.717) is 21.8 Å². The van der Waals surface area contributed by atoms with Gasteiger partial charge in [-0.1, -0.05) is 61.5 Å². The number of rotatable bonds is 14. The number of benzene rings is 2. The summed E-state index contributed by atoms with van der Waals surface area (Å²) in [5, 5.41) is 6.40. The molecule has 3 N–H and O–H groups in total. The van der Waals surface area contributed by atoms with Crippen molar-refractivity contribution in [2.45, 2.75) is 63.1 Å². The number of thiazole rings is 1. The van der Waals surface area contributed by atoms with Crippen LogP contribution in [0.1, 0.15) is 49.7 Å². The molecule has 1 aromatic heterocycles. The van der Waals surface area contributed by atoms with Gasteiger partial charge in [-0.3, -0.25) is 19.2 Å². The van der Waals surface area contributed by atoms with Crippen molar-refractivity contribution in [2.75, 3.05) is 25.5 Å². The van der Waals surface area contributed by atoms with Gasteiger partial charge in [0.25, 0.3) is 11.1 Å². The summed E-state index contributed by atoms with van der Waals surface area (Å²) in [4.78, 5) is 51.2. The molecule has 10 nitrogen and oxygen atoms in total. The minimum atomic E-state index is -1.17. The summed E-state index contributed by atoms with van der Waals surface area (Å²) in [6.07, 6.45) is 8.34. The van der Waals surface area contributed by atoms with Gasteiger partial charge in [0.2, 0.25) is 11.8 Å². The summed E-state index contributed by atoms with van der Waals surface area (Å²) < 4.78 is 20.5. The Balaban J connectivity index is 0.00000256. The number of para-hydroxylation sites is 1. The highest BCUT2D eigenvalue weighted by Crippen LogP contribution is 2.45. The van der Waals surface area contributed by atoms with Crippen LogP contribution in [0, 0.1) is 11.7 Å². The zero-order valence-corrected chi connectivity index (χ0v) is 25.7. The average molecular weight is 630 g/mol. The van der Waals surface area contributed by atoms with Gasteiger partial charge < -0.3 is 20.3 Å². The van der Waals surface area contributed by atoms with Crippen molar-refractivity contribution in [3.63, 3.8) is 0 Å². The first kappa shape index (κ1) is 31.4. The lowest BCUT2D eigenvalue weighted by atomic mass is 10.1. The van der Waals surface area contributed by atoms with Crippen molar-refractivity contribution in [3.05, 3.63) is 66.5 Å². The van der Waals surface area contributed by atoms with E-state index in [1.165, 1.54) is 35.5 Å². The molecule has 1 aliphatic heterocycles. The molecule has 3 amide bonds. The van der Waals surface area contributed by atoms with E-state index in [4.69, 9.17) is 9.57 Å². The highest BCUT2D eigenvalue weighted by atomic mass is 32.1. The number of ether oxygens (including phenoxy) is 1. The molecule has 44 heavy (non-hydrogen) atoms. The van der Waals surface area contributed by atoms with Gasteiger partial charge >= 0.3 is 0 Å². The molecule has 4 atom stereocenters. The molecule has 1 aliphatic carbocycles. The van der Waals surface area contributed by atoms with Gasteiger partial charge in [0, 0.05) is 22.3 Å². The fourth-order valence-electron chi connectivity index (χ4n) is 5.55. The highest BCUT2D eigenvalue weighted by Gasteiger charge is 2.61. The molecule has 3 aromatic rings. The Morgan fingerprint density at radius 2 is 2.02 bits per heavy atom. The molecule has 2 fully saturated rings. The van der Waals surface area contributed by atoms with Crippen molar-refractivity contribution < 1.29 is 32.6 Å². The molecular weight excluding hydrogens is 585 g/mol. The van der Waals surface area contributed by atoms with E-state index < -0.39 is 29.5 Å². The number of carbonyl (C=O) groups excluding carboxylic acids is 3. The number of nitrogens with one attached hydrogen (secondary N) is 3. The number of halogens is 1. The number of hydroxylamine groups is 1. The van der Waals surface area contributed by atoms with Crippen molar-refractivity contribution in [1.29, 1.82) is 0 Å². The van der Waals surface area contributed by atoms with E-state index in [2.05, 4.69) is 34.1 Å². The Hall–Kier alpha value is -4.03. The van der Waals surface area contributed by atoms with Crippen LogP contribution in [-0.4, -0.2) is 65.5 Å². The Bertz CT molecular complexity index is 1520. The molecule has 1 saturated carbocycles. The predicted molar refractivity (Wildman–Crippen MR) is 173 cm³/mol. The Morgan fingerprint density at radius 3 is 2.80 bits per heavy atom. The molecule has 0 bridgehead atoms. The third-order valence-corrected chi connectivity index (χ3v) is 8.91. The smallest absolute Gasteiger partial charge is 0.274 e. The number of hydrogen-bond acceptors (Lipinski definition) is 8. The predicted octanol–water partition coefficient (Wildman–Crippen LogP) is 5.32. The van der Waals surface area contributed by atoms with Gasteiger partial charge in [0.05, 0.1) is 30.4 Å². The van der Waals surface area contributed by atoms with Crippen LogP contribution < -0.4 is 20.9 Å². The van der Waals surface area contributed by atoms with E-state index >= 15 is 0 Å². The monoisotopic (exact) mass is 629 g/mol. The number of amides is 3. The number of nitrogens with zero attached hydrogens (tertiary/aromatic N) is 2. The average Bonchev–Trinajstić information content (AvgIpc) is 3.32. The SMILES string of the molecule is CCCCC/C=C\[C@@H]1C[C@]1(NC(=O)[C@@H]1CC(Oc2nc3ccc(F)cc3s2)CN1C(=O)CNc1ccccc1)C(=O)NOC.[HH].[HH].[HH]. The first-order valence-corrected chi connectivity index (χ1v) is 15.8. The normalized spacial score (nSPS) is 22.7. The standard InChI is InChI=1S/C32H38FN5O5S.3H2/c1-3-4-5-6-8-11-21-18-32(21,30(41)37-42-2)36-29(40)26-17-24(43-31-35-25-15-14-22(33)16-27(25)44-31)20-38(26)28(39)19-34-23-12-9-7-10-13-23;;;/h7-16,21,24,26,34H,3-6,17-20H2,1-2H3,(H,36,40)(H,37,41);3*1H/b11-8-;;;/t21-,24?,26+,32-;;;/m1.../s1. The van der Waals surface area contributed by atoms with E-state index in [0.717, 1.165) is 31.4 Å². The second-order valence-electron chi connectivity index (χ2n) is 11.2. The number of allylic oxidation sites excluding steroid dienone is 1. The number of hydrogen-bond donors (Lipinski definition) is 3. The summed E-state index contributed by atoms with van der Waals surface area (Å²) in [5.74, 6) is -1.72. The lowest BCUT2D eigenvalue weighted by Crippen LogP contribution is -2.56. The molecule has 12 heteroatoms. The number of anilines is 1. The number of carbonyl (C=O) groups is 3. The first-order chi connectivity index (χ1) is 21.3. The highest BCUT2D eigenvalue weighted by molar-refractivity contribution is 7.20. The topological polar surface area (TPSA) is 122 Å². The van der Waals surface area contributed by atoms with Crippen molar-refractivity contribution in [1.82, 2.24) is 20.7 Å². The summed E-state index contributed by atoms with van der Waals surface area (Å²) in [7, 11) is 1.35. The third-order valence-electron chi connectivity index (χ3n) is 8.01. The quantitative estimate of drug-likeness (QED) is 0.125. The van der Waals surface area contributed by atoms with E-state index in [1.807, 2.05) is 36.4 Å². The fourth-order valence-corrected chi connectivity index (χ4v) is 6.46. The molecule has 5 rings (SSSR count). The molecule has 240 valence electrons. The van der Waals surface area contributed by atoms with Crippen LogP contribution in [0.3, 0.4) is 0 Å². The van der Waals surface area contributed by atoms with Crippen LogP contribution in [0.15, 0.2) is 60.7 Å². The largest absolute Gasteiger partial charge is 0.465 e. The summed E-state index contributed by atoms with van der Waals surface area (Å²) in [5.41, 5.74) is 2.59. The zero-order valence-electron chi connectivity index (χ0n) is 24.9. The van der Waals surface area contributed by atoms with Crippen LogP contribution in [0.2, 0.25) is 0 Å². The third kappa shape index (κ3) is 7.36. The number of fused-ring (bicyclic) bond motifs is 1. The maximum absolute atomic E-state index is 13.9. The van der Waals surface area contributed by atoms with Crippen LogP contribution >= 0.6 is 11.3 Å². The van der Waals surface area contributed by atoms with Crippen LogP contribution in [0.25, 0.3) is 10.2 Å². The molecule has 1 saturated heterocycles. The van der Waals surface area contributed by atoms with Gasteiger partial charge in [-0.25, -0.2) is 14.9 Å². The van der Waals surface area contributed by atoms with Crippen LogP contribution in [-0.2, 0) is 19.2 Å². The van der Waals surface area contributed by atoms with Gasteiger partial charge in [0.15, 0.2) is 0 Å². The second-order valence-corrected chi connectivity index (χ2v) is 12.2. The minimum absolute atomic E-state index is 0. The lowest BCUT2D eigenvalue weighted by molar-refractivity contribution is -0.141. The molecule has 2 heterocycles. The first-order valence-electron chi connectivity index (χ1n) is 15.0. The van der Waals surface area contributed by atoms with Gasteiger partial charge in [0.1, 0.15) is 23.5 Å². The molecule has 2 aromatic carbocycles. The second kappa shape index (κ2) is 14.2. The van der Waals surface area contributed by atoms with E-state index in [9.17, 15) is 18.8 Å². The van der Waals surface area contributed by atoms with E-state index in [-0.39, 0.29) is 41.4 Å². The molecule has 0 spiro atoms. The van der Waals surface area contributed by atoms with E-state index in [1.54, 1.807) is 6.07 Å². The van der Waals surface area contributed by atoms with Gasteiger partial charge in [-0.05, 0) is 49.6 Å². The van der Waals surface area contributed by atoms with Crippen LogP contribution in [0.5, 0.6) is 5.19 Å².